The van der Waals surface area contributed by atoms with E-state index in [0.29, 0.717) is 12.2 Å². The first-order valence-corrected chi connectivity index (χ1v) is 9.21. The number of unbranched alkanes of at least 4 members (excludes halogenated alkanes) is 1. The fraction of sp³-hybridized carbons (Fsp3) is 0.174. The van der Waals surface area contributed by atoms with Crippen LogP contribution in [0.15, 0.2) is 78.9 Å². The largest absolute Gasteiger partial charge is 0.494 e. The van der Waals surface area contributed by atoms with Gasteiger partial charge in [-0.2, -0.15) is 0 Å². The van der Waals surface area contributed by atoms with Gasteiger partial charge in [-0.05, 0) is 67.1 Å². The van der Waals surface area contributed by atoms with Crippen LogP contribution in [-0.2, 0) is 0 Å². The zero-order valence-electron chi connectivity index (χ0n) is 15.4. The van der Waals surface area contributed by atoms with Crippen molar-refractivity contribution < 1.29 is 9.53 Å². The molecule has 0 aliphatic carbocycles. The summed E-state index contributed by atoms with van der Waals surface area (Å²) in [6.07, 6.45) is 2.12. The highest BCUT2D eigenvalue weighted by Gasteiger charge is 2.06. The minimum absolute atomic E-state index is 0.140. The average Bonchev–Trinajstić information content (AvgIpc) is 2.71. The number of nitrogens with one attached hydrogen (secondary N) is 2. The van der Waals surface area contributed by atoms with E-state index in [4.69, 9.17) is 4.74 Å². The molecule has 0 atom stereocenters. The predicted octanol–water partition coefficient (Wildman–Crippen LogP) is 5.86. The minimum atomic E-state index is -0.140. The SMILES string of the molecule is CCCCOc1ccc(C(=O)Nc2ccc(Nc3ccccc3)cc2)cc1. The van der Waals surface area contributed by atoms with Crippen molar-refractivity contribution in [3.05, 3.63) is 84.4 Å². The van der Waals surface area contributed by atoms with Gasteiger partial charge in [-0.1, -0.05) is 31.5 Å². The number of hydrogen-bond acceptors (Lipinski definition) is 3. The second-order valence-electron chi connectivity index (χ2n) is 6.25. The van der Waals surface area contributed by atoms with Crippen molar-refractivity contribution in [3.63, 3.8) is 0 Å². The van der Waals surface area contributed by atoms with E-state index in [1.165, 1.54) is 0 Å². The monoisotopic (exact) mass is 360 g/mol. The van der Waals surface area contributed by atoms with Gasteiger partial charge in [0.1, 0.15) is 5.75 Å². The van der Waals surface area contributed by atoms with Crippen LogP contribution in [0.2, 0.25) is 0 Å². The van der Waals surface area contributed by atoms with Crippen molar-refractivity contribution in [2.75, 3.05) is 17.2 Å². The Kier molecular flexibility index (Phi) is 6.47. The molecule has 0 saturated heterocycles. The third kappa shape index (κ3) is 5.61. The van der Waals surface area contributed by atoms with Crippen LogP contribution in [0.4, 0.5) is 17.1 Å². The van der Waals surface area contributed by atoms with Gasteiger partial charge in [0.2, 0.25) is 0 Å². The van der Waals surface area contributed by atoms with Crippen LogP contribution in [0.3, 0.4) is 0 Å². The normalized spacial score (nSPS) is 10.3. The summed E-state index contributed by atoms with van der Waals surface area (Å²) in [6.45, 7) is 2.83. The number of carbonyl (C=O) groups is 1. The molecule has 0 fully saturated rings. The molecule has 0 aliphatic rings. The van der Waals surface area contributed by atoms with Gasteiger partial charge in [-0.3, -0.25) is 4.79 Å². The lowest BCUT2D eigenvalue weighted by Crippen LogP contribution is -2.11. The first kappa shape index (κ1) is 18.5. The van der Waals surface area contributed by atoms with Gasteiger partial charge < -0.3 is 15.4 Å². The second-order valence-corrected chi connectivity index (χ2v) is 6.25. The number of carbonyl (C=O) groups excluding carboxylic acids is 1. The Balaban J connectivity index is 1.55. The molecule has 0 bridgehead atoms. The molecule has 3 aromatic rings. The molecule has 3 aromatic carbocycles. The van der Waals surface area contributed by atoms with Crippen molar-refractivity contribution in [1.29, 1.82) is 0 Å². The quantitative estimate of drug-likeness (QED) is 0.495. The maximum absolute atomic E-state index is 12.4. The predicted molar refractivity (Wildman–Crippen MR) is 111 cm³/mol. The number of amides is 1. The molecule has 138 valence electrons. The summed E-state index contributed by atoms with van der Waals surface area (Å²) in [5.74, 6) is 0.648. The third-order valence-corrected chi connectivity index (χ3v) is 4.09. The van der Waals surface area contributed by atoms with Crippen LogP contribution < -0.4 is 15.4 Å². The van der Waals surface area contributed by atoms with E-state index in [1.807, 2.05) is 66.7 Å². The number of para-hydroxylation sites is 1. The zero-order chi connectivity index (χ0) is 18.9. The van der Waals surface area contributed by atoms with Crippen LogP contribution >= 0.6 is 0 Å². The fourth-order valence-corrected chi connectivity index (χ4v) is 2.57. The molecule has 27 heavy (non-hydrogen) atoms. The van der Waals surface area contributed by atoms with Gasteiger partial charge in [0.15, 0.2) is 0 Å². The molecule has 4 heteroatoms. The smallest absolute Gasteiger partial charge is 0.255 e. The highest BCUT2D eigenvalue weighted by Crippen LogP contribution is 2.19. The van der Waals surface area contributed by atoms with E-state index in [0.717, 1.165) is 35.7 Å². The highest BCUT2D eigenvalue weighted by molar-refractivity contribution is 6.04. The number of rotatable bonds is 8. The van der Waals surface area contributed by atoms with Gasteiger partial charge in [0, 0.05) is 22.6 Å². The lowest BCUT2D eigenvalue weighted by atomic mass is 10.2. The summed E-state index contributed by atoms with van der Waals surface area (Å²) in [5, 5.41) is 6.23. The molecule has 0 saturated carbocycles. The molecule has 4 nitrogen and oxygen atoms in total. The van der Waals surface area contributed by atoms with Gasteiger partial charge in [0.25, 0.3) is 5.91 Å². The molecule has 0 unspecified atom stereocenters. The number of benzene rings is 3. The molecule has 3 rings (SSSR count). The molecular formula is C23H24N2O2. The van der Waals surface area contributed by atoms with E-state index >= 15 is 0 Å². The molecule has 2 N–H and O–H groups in total. The van der Waals surface area contributed by atoms with Crippen molar-refractivity contribution in [2.45, 2.75) is 19.8 Å². The van der Waals surface area contributed by atoms with E-state index < -0.39 is 0 Å². The van der Waals surface area contributed by atoms with Crippen LogP contribution in [-0.4, -0.2) is 12.5 Å². The number of anilines is 3. The Morgan fingerprint density at radius 1 is 0.815 bits per heavy atom. The molecule has 0 aromatic heterocycles. The fourth-order valence-electron chi connectivity index (χ4n) is 2.57. The molecule has 1 amide bonds. The van der Waals surface area contributed by atoms with Crippen molar-refractivity contribution >= 4 is 23.0 Å². The number of hydrogen-bond donors (Lipinski definition) is 2. The van der Waals surface area contributed by atoms with Crippen LogP contribution in [0, 0.1) is 0 Å². The highest BCUT2D eigenvalue weighted by atomic mass is 16.5. The van der Waals surface area contributed by atoms with Crippen molar-refractivity contribution in [2.24, 2.45) is 0 Å². The lowest BCUT2D eigenvalue weighted by Gasteiger charge is -2.09. The van der Waals surface area contributed by atoms with Crippen LogP contribution in [0.5, 0.6) is 5.75 Å². The minimum Gasteiger partial charge on any atom is -0.494 e. The summed E-state index contributed by atoms with van der Waals surface area (Å²) in [7, 11) is 0. The molecule has 0 radical (unpaired) electrons. The number of ether oxygens (including phenoxy) is 1. The summed E-state index contributed by atoms with van der Waals surface area (Å²) in [4.78, 5) is 12.4. The third-order valence-electron chi connectivity index (χ3n) is 4.09. The van der Waals surface area contributed by atoms with E-state index in [-0.39, 0.29) is 5.91 Å². The van der Waals surface area contributed by atoms with Gasteiger partial charge in [-0.25, -0.2) is 0 Å². The van der Waals surface area contributed by atoms with Gasteiger partial charge in [0.05, 0.1) is 6.61 Å². The van der Waals surface area contributed by atoms with Crippen LogP contribution in [0.25, 0.3) is 0 Å². The summed E-state index contributed by atoms with van der Waals surface area (Å²) in [5.41, 5.74) is 3.34. The van der Waals surface area contributed by atoms with Gasteiger partial charge in [-0.15, -0.1) is 0 Å². The Hall–Kier alpha value is -3.27. The Bertz CT molecular complexity index is 844. The van der Waals surface area contributed by atoms with Crippen LogP contribution in [0.1, 0.15) is 30.1 Å². The Morgan fingerprint density at radius 2 is 1.44 bits per heavy atom. The maximum atomic E-state index is 12.4. The topological polar surface area (TPSA) is 50.4 Å². The standard InChI is InChI=1S/C23H24N2O2/c1-2-3-17-27-22-15-9-18(10-16-22)23(26)25-21-13-11-20(12-14-21)24-19-7-5-4-6-8-19/h4-16,24H,2-3,17H2,1H3,(H,25,26). The van der Waals surface area contributed by atoms with Crippen molar-refractivity contribution in [3.8, 4) is 5.75 Å². The van der Waals surface area contributed by atoms with E-state index in [9.17, 15) is 4.79 Å². The molecule has 0 heterocycles. The molecule has 0 spiro atoms. The van der Waals surface area contributed by atoms with E-state index in [1.54, 1.807) is 12.1 Å². The zero-order valence-corrected chi connectivity index (χ0v) is 15.4. The summed E-state index contributed by atoms with van der Waals surface area (Å²) in [6, 6.07) is 24.8. The lowest BCUT2D eigenvalue weighted by molar-refractivity contribution is 0.102. The first-order valence-electron chi connectivity index (χ1n) is 9.21. The second kappa shape index (κ2) is 9.43. The molecular weight excluding hydrogens is 336 g/mol. The summed E-state index contributed by atoms with van der Waals surface area (Å²) < 4.78 is 5.62. The summed E-state index contributed by atoms with van der Waals surface area (Å²) >= 11 is 0. The van der Waals surface area contributed by atoms with Crippen molar-refractivity contribution in [1.82, 2.24) is 0 Å². The van der Waals surface area contributed by atoms with Gasteiger partial charge >= 0.3 is 0 Å². The Labute approximate surface area is 160 Å². The Morgan fingerprint density at radius 3 is 2.11 bits per heavy atom. The maximum Gasteiger partial charge on any atom is 0.255 e. The molecule has 0 aliphatic heterocycles. The average molecular weight is 360 g/mol. The first-order chi connectivity index (χ1) is 13.2. The van der Waals surface area contributed by atoms with E-state index in [2.05, 4.69) is 17.6 Å².